The molecule has 6 heteroatoms. The number of nitrogens with one attached hydrogen (secondary N) is 2. The van der Waals surface area contributed by atoms with Crippen molar-refractivity contribution < 1.29 is 9.47 Å². The third-order valence-corrected chi connectivity index (χ3v) is 6.56. The molecule has 2 N–H and O–H groups in total. The Balaban J connectivity index is 1.53. The Morgan fingerprint density at radius 3 is 2.47 bits per heavy atom. The maximum absolute atomic E-state index is 5.88. The molecular formula is C24H40N4O2. The molecule has 2 aliphatic rings. The molecule has 0 bridgehead atoms. The Bertz CT molecular complexity index is 680. The third kappa shape index (κ3) is 6.43. The van der Waals surface area contributed by atoms with Crippen LogP contribution in [0.25, 0.3) is 0 Å². The zero-order valence-corrected chi connectivity index (χ0v) is 19.2. The lowest BCUT2D eigenvalue weighted by atomic mass is 9.67. The van der Waals surface area contributed by atoms with Crippen LogP contribution in [0.2, 0.25) is 0 Å². The zero-order chi connectivity index (χ0) is 21.4. The van der Waals surface area contributed by atoms with Crippen molar-refractivity contribution in [3.63, 3.8) is 0 Å². The number of guanidine groups is 1. The van der Waals surface area contributed by atoms with Gasteiger partial charge in [0.05, 0.1) is 12.2 Å². The van der Waals surface area contributed by atoms with Crippen LogP contribution in [0.1, 0.15) is 50.7 Å². The lowest BCUT2D eigenvalue weighted by molar-refractivity contribution is -0.0705. The molecule has 1 saturated heterocycles. The molecule has 0 aromatic heterocycles. The minimum atomic E-state index is 0.291. The number of morpholine rings is 1. The number of hydrogen-bond acceptors (Lipinski definition) is 4. The molecule has 1 heterocycles. The SMILES string of the molecule is CN=C(NCc1ccccc1CN1CC(C)OC(C)C1)NCC1(CCOC)CCC1. The van der Waals surface area contributed by atoms with Crippen molar-refractivity contribution >= 4 is 5.96 Å². The summed E-state index contributed by atoms with van der Waals surface area (Å²) < 4.78 is 11.2. The number of benzene rings is 1. The molecule has 0 amide bonds. The van der Waals surface area contributed by atoms with Crippen LogP contribution in [0.3, 0.4) is 0 Å². The van der Waals surface area contributed by atoms with Crippen molar-refractivity contribution in [2.75, 3.05) is 40.4 Å². The lowest BCUT2D eigenvalue weighted by Crippen LogP contribution is -2.47. The summed E-state index contributed by atoms with van der Waals surface area (Å²) in [5.74, 6) is 0.877. The first-order valence-corrected chi connectivity index (χ1v) is 11.4. The van der Waals surface area contributed by atoms with Gasteiger partial charge in [-0.2, -0.15) is 0 Å². The molecule has 2 unspecified atom stereocenters. The number of methoxy groups -OCH3 is 1. The van der Waals surface area contributed by atoms with E-state index in [0.717, 1.165) is 51.7 Å². The summed E-state index contributed by atoms with van der Waals surface area (Å²) >= 11 is 0. The normalized spacial score (nSPS) is 24.3. The standard InChI is InChI=1S/C24H40N4O2/c1-19-15-28(16-20(2)30-19)17-22-9-6-5-8-21(22)14-26-23(25-3)27-18-24(10-7-11-24)12-13-29-4/h5-6,8-9,19-20H,7,10-18H2,1-4H3,(H2,25,26,27). The first-order chi connectivity index (χ1) is 14.5. The Hall–Kier alpha value is -1.63. The largest absolute Gasteiger partial charge is 0.385 e. The minimum absolute atomic E-state index is 0.291. The topological polar surface area (TPSA) is 58.1 Å². The van der Waals surface area contributed by atoms with Crippen molar-refractivity contribution in [3.05, 3.63) is 35.4 Å². The predicted octanol–water partition coefficient (Wildman–Crippen LogP) is 3.17. The number of ether oxygens (including phenoxy) is 2. The molecule has 168 valence electrons. The summed E-state index contributed by atoms with van der Waals surface area (Å²) in [5.41, 5.74) is 3.07. The molecule has 0 spiro atoms. The van der Waals surface area contributed by atoms with Gasteiger partial charge in [-0.05, 0) is 49.7 Å². The Morgan fingerprint density at radius 2 is 1.87 bits per heavy atom. The smallest absolute Gasteiger partial charge is 0.191 e. The first-order valence-electron chi connectivity index (χ1n) is 11.4. The fourth-order valence-corrected chi connectivity index (χ4v) is 4.72. The number of hydrogen-bond donors (Lipinski definition) is 2. The van der Waals surface area contributed by atoms with E-state index in [0.29, 0.717) is 17.6 Å². The predicted molar refractivity (Wildman–Crippen MR) is 123 cm³/mol. The molecule has 1 aromatic rings. The van der Waals surface area contributed by atoms with Crippen molar-refractivity contribution in [3.8, 4) is 0 Å². The van der Waals surface area contributed by atoms with Crippen LogP contribution in [0.4, 0.5) is 0 Å². The highest BCUT2D eigenvalue weighted by molar-refractivity contribution is 5.79. The quantitative estimate of drug-likeness (QED) is 0.478. The number of aliphatic imine (C=N–C) groups is 1. The summed E-state index contributed by atoms with van der Waals surface area (Å²) in [7, 11) is 3.64. The van der Waals surface area contributed by atoms with E-state index in [1.54, 1.807) is 7.11 Å². The molecule has 1 aromatic carbocycles. The molecule has 1 aliphatic carbocycles. The van der Waals surface area contributed by atoms with Crippen LogP contribution in [0, 0.1) is 5.41 Å². The molecule has 2 fully saturated rings. The van der Waals surface area contributed by atoms with Gasteiger partial charge in [-0.1, -0.05) is 30.7 Å². The highest BCUT2D eigenvalue weighted by Gasteiger charge is 2.36. The van der Waals surface area contributed by atoms with E-state index in [9.17, 15) is 0 Å². The first kappa shape index (κ1) is 23.0. The van der Waals surface area contributed by atoms with Gasteiger partial charge in [0.25, 0.3) is 0 Å². The molecule has 1 aliphatic heterocycles. The molecule has 1 saturated carbocycles. The summed E-state index contributed by atoms with van der Waals surface area (Å²) in [4.78, 5) is 6.95. The second-order valence-corrected chi connectivity index (χ2v) is 9.10. The molecule has 2 atom stereocenters. The summed E-state index contributed by atoms with van der Waals surface area (Å²) in [6, 6.07) is 8.71. The van der Waals surface area contributed by atoms with Crippen LogP contribution in [0.15, 0.2) is 29.3 Å². The van der Waals surface area contributed by atoms with E-state index in [1.165, 1.54) is 30.4 Å². The van der Waals surface area contributed by atoms with Crippen LogP contribution in [-0.2, 0) is 22.6 Å². The second-order valence-electron chi connectivity index (χ2n) is 9.10. The van der Waals surface area contributed by atoms with Crippen LogP contribution in [0.5, 0.6) is 0 Å². The Morgan fingerprint density at radius 1 is 1.17 bits per heavy atom. The number of rotatable bonds is 9. The van der Waals surface area contributed by atoms with E-state index in [2.05, 4.69) is 58.6 Å². The zero-order valence-electron chi connectivity index (χ0n) is 19.2. The minimum Gasteiger partial charge on any atom is -0.385 e. The van der Waals surface area contributed by atoms with Gasteiger partial charge in [-0.15, -0.1) is 0 Å². The summed E-state index contributed by atoms with van der Waals surface area (Å²) in [6.07, 6.45) is 5.58. The van der Waals surface area contributed by atoms with Crippen molar-refractivity contribution in [1.29, 1.82) is 0 Å². The van der Waals surface area contributed by atoms with Crippen LogP contribution in [-0.4, -0.2) is 63.5 Å². The number of nitrogens with zero attached hydrogens (tertiary/aromatic N) is 2. The van der Waals surface area contributed by atoms with E-state index in [4.69, 9.17) is 9.47 Å². The van der Waals surface area contributed by atoms with Gasteiger partial charge >= 0.3 is 0 Å². The van der Waals surface area contributed by atoms with E-state index < -0.39 is 0 Å². The van der Waals surface area contributed by atoms with E-state index >= 15 is 0 Å². The van der Waals surface area contributed by atoms with Gasteiger partial charge in [-0.3, -0.25) is 9.89 Å². The van der Waals surface area contributed by atoms with Crippen molar-refractivity contribution in [1.82, 2.24) is 15.5 Å². The second kappa shape index (κ2) is 11.1. The van der Waals surface area contributed by atoms with Crippen LogP contribution < -0.4 is 10.6 Å². The average molecular weight is 417 g/mol. The molecular weight excluding hydrogens is 376 g/mol. The van der Waals surface area contributed by atoms with Gasteiger partial charge in [0.2, 0.25) is 0 Å². The van der Waals surface area contributed by atoms with Gasteiger partial charge in [0, 0.05) is 53.5 Å². The molecule has 3 rings (SSSR count). The molecule has 6 nitrogen and oxygen atoms in total. The third-order valence-electron chi connectivity index (χ3n) is 6.56. The van der Waals surface area contributed by atoms with Gasteiger partial charge in [0.15, 0.2) is 5.96 Å². The van der Waals surface area contributed by atoms with Gasteiger partial charge < -0.3 is 20.1 Å². The highest BCUT2D eigenvalue weighted by Crippen LogP contribution is 2.43. The fraction of sp³-hybridized carbons (Fsp3) is 0.708. The lowest BCUT2D eigenvalue weighted by Gasteiger charge is -2.42. The van der Waals surface area contributed by atoms with E-state index in [1.807, 2.05) is 7.05 Å². The van der Waals surface area contributed by atoms with Crippen molar-refractivity contribution in [2.24, 2.45) is 10.4 Å². The molecule has 0 radical (unpaired) electrons. The highest BCUT2D eigenvalue weighted by atomic mass is 16.5. The monoisotopic (exact) mass is 416 g/mol. The molecule has 30 heavy (non-hydrogen) atoms. The van der Waals surface area contributed by atoms with Gasteiger partial charge in [-0.25, -0.2) is 0 Å². The average Bonchev–Trinajstić information content (AvgIpc) is 2.69. The Kier molecular flexibility index (Phi) is 8.54. The maximum atomic E-state index is 5.88. The maximum Gasteiger partial charge on any atom is 0.191 e. The fourth-order valence-electron chi connectivity index (χ4n) is 4.72. The van der Waals surface area contributed by atoms with Crippen LogP contribution >= 0.6 is 0 Å². The summed E-state index contributed by atoms with van der Waals surface area (Å²) in [6.45, 7) is 9.82. The van der Waals surface area contributed by atoms with Crippen molar-refractivity contribution in [2.45, 2.75) is 64.8 Å². The Labute approximate surface area is 182 Å². The summed E-state index contributed by atoms with van der Waals surface area (Å²) in [5, 5.41) is 7.08. The van der Waals surface area contributed by atoms with E-state index in [-0.39, 0.29) is 0 Å². The van der Waals surface area contributed by atoms with Gasteiger partial charge in [0.1, 0.15) is 0 Å².